The van der Waals surface area contributed by atoms with Gasteiger partial charge in [-0.05, 0) is 31.9 Å². The highest BCUT2D eigenvalue weighted by Gasteiger charge is 2.25. The summed E-state index contributed by atoms with van der Waals surface area (Å²) in [6.45, 7) is 4.48. The van der Waals surface area contributed by atoms with Gasteiger partial charge in [-0.25, -0.2) is 0 Å². The molecule has 3 N–H and O–H groups in total. The molecule has 0 radical (unpaired) electrons. The van der Waals surface area contributed by atoms with Crippen molar-refractivity contribution in [3.63, 3.8) is 0 Å². The lowest BCUT2D eigenvalue weighted by Crippen LogP contribution is -2.46. The summed E-state index contributed by atoms with van der Waals surface area (Å²) in [5.41, 5.74) is 9.94. The molecule has 1 saturated carbocycles. The number of fused-ring (bicyclic) bond motifs is 1. The van der Waals surface area contributed by atoms with Crippen molar-refractivity contribution in [2.45, 2.75) is 44.7 Å². The summed E-state index contributed by atoms with van der Waals surface area (Å²) in [4.78, 5) is 7.30. The van der Waals surface area contributed by atoms with Gasteiger partial charge in [0.2, 0.25) is 0 Å². The molecule has 0 bridgehead atoms. The third-order valence-electron chi connectivity index (χ3n) is 4.83. The molecule has 23 heavy (non-hydrogen) atoms. The molecule has 2 atom stereocenters. The summed E-state index contributed by atoms with van der Waals surface area (Å²) in [5, 5.41) is 3.49. The Bertz CT molecular complexity index is 572. The predicted octanol–water partition coefficient (Wildman–Crippen LogP) is 2.03. The number of nitrogens with two attached hydrogens (primary N) is 1. The molecule has 1 aromatic rings. The van der Waals surface area contributed by atoms with E-state index in [0.29, 0.717) is 0 Å². The van der Waals surface area contributed by atoms with Crippen LogP contribution in [0.2, 0.25) is 0 Å². The van der Waals surface area contributed by atoms with E-state index in [2.05, 4.69) is 35.3 Å². The molecule has 2 aliphatic rings. The van der Waals surface area contributed by atoms with Crippen LogP contribution in [0.5, 0.6) is 0 Å². The van der Waals surface area contributed by atoms with Gasteiger partial charge in [-0.15, -0.1) is 0 Å². The molecular formula is C18H28N4O. The molecule has 1 aromatic carbocycles. The van der Waals surface area contributed by atoms with Crippen LogP contribution in [0, 0.1) is 6.92 Å². The number of amidine groups is 1. The van der Waals surface area contributed by atoms with E-state index in [1.54, 1.807) is 7.11 Å². The monoisotopic (exact) mass is 316 g/mol. The number of methoxy groups -OCH3 is 1. The Hall–Kier alpha value is -1.59. The highest BCUT2D eigenvalue weighted by Crippen LogP contribution is 2.27. The first-order valence-electron chi connectivity index (χ1n) is 8.61. The van der Waals surface area contributed by atoms with E-state index >= 15 is 0 Å². The van der Waals surface area contributed by atoms with Crippen molar-refractivity contribution in [3.8, 4) is 0 Å². The van der Waals surface area contributed by atoms with Crippen molar-refractivity contribution >= 4 is 11.5 Å². The third-order valence-corrected chi connectivity index (χ3v) is 4.83. The minimum absolute atomic E-state index is 0.192. The summed E-state index contributed by atoms with van der Waals surface area (Å²) >= 11 is 0. The van der Waals surface area contributed by atoms with Gasteiger partial charge in [0, 0.05) is 30.9 Å². The first kappa shape index (κ1) is 16.3. The maximum atomic E-state index is 6.28. The van der Waals surface area contributed by atoms with Crippen LogP contribution in [0.3, 0.4) is 0 Å². The number of nitrogens with zero attached hydrogens (tertiary/aromatic N) is 2. The summed E-state index contributed by atoms with van der Waals surface area (Å²) in [6, 6.07) is 7.00. The number of hydrogen-bond donors (Lipinski definition) is 2. The van der Waals surface area contributed by atoms with Crippen LogP contribution in [0.1, 0.15) is 36.8 Å². The lowest BCUT2D eigenvalue weighted by molar-refractivity contribution is 0.205. The molecule has 0 aromatic heterocycles. The molecule has 1 aliphatic carbocycles. The highest BCUT2D eigenvalue weighted by atomic mass is 16.5. The molecule has 1 aliphatic heterocycles. The Morgan fingerprint density at radius 1 is 1.35 bits per heavy atom. The van der Waals surface area contributed by atoms with Gasteiger partial charge in [0.1, 0.15) is 5.84 Å². The molecule has 3 rings (SSSR count). The van der Waals surface area contributed by atoms with Gasteiger partial charge in [-0.1, -0.05) is 24.5 Å². The van der Waals surface area contributed by atoms with Crippen molar-refractivity contribution in [3.05, 3.63) is 29.3 Å². The number of aryl methyl sites for hydroxylation is 1. The molecule has 0 amide bonds. The van der Waals surface area contributed by atoms with E-state index in [1.807, 2.05) is 0 Å². The zero-order chi connectivity index (χ0) is 16.2. The standard InChI is InChI=1S/C18H28N4O/c1-13-7-8-17-14(11-13)18(20-12-22(17)9-10-23-2)21-16-6-4-3-5-15(16)19/h7-8,11,15-16H,3-6,9-10,12,19H2,1-2H3,(H,20,21)/t15-,16+/m1/s1. The molecule has 1 heterocycles. The van der Waals surface area contributed by atoms with Crippen LogP contribution in [0.4, 0.5) is 5.69 Å². The van der Waals surface area contributed by atoms with Crippen molar-refractivity contribution in [2.75, 3.05) is 31.8 Å². The van der Waals surface area contributed by atoms with Gasteiger partial charge in [0.25, 0.3) is 0 Å². The second-order valence-corrected chi connectivity index (χ2v) is 6.61. The van der Waals surface area contributed by atoms with E-state index in [-0.39, 0.29) is 12.1 Å². The SMILES string of the molecule is COCCN1CNC(=N[C@H]2CCCC[C@H]2N)c2cc(C)ccc21. The number of ether oxygens (including phenoxy) is 1. The fourth-order valence-electron chi connectivity index (χ4n) is 3.45. The van der Waals surface area contributed by atoms with Gasteiger partial charge < -0.3 is 20.7 Å². The Labute approximate surface area is 138 Å². The zero-order valence-electron chi connectivity index (χ0n) is 14.2. The smallest absolute Gasteiger partial charge is 0.132 e. The van der Waals surface area contributed by atoms with Crippen LogP contribution in [-0.4, -0.2) is 44.8 Å². The normalized spacial score (nSPS) is 26.0. The second-order valence-electron chi connectivity index (χ2n) is 6.61. The van der Waals surface area contributed by atoms with Gasteiger partial charge in [0.15, 0.2) is 0 Å². The first-order chi connectivity index (χ1) is 11.2. The molecule has 5 nitrogen and oxygen atoms in total. The van der Waals surface area contributed by atoms with Crippen LogP contribution < -0.4 is 16.0 Å². The van der Waals surface area contributed by atoms with E-state index in [1.165, 1.54) is 29.7 Å². The first-order valence-corrected chi connectivity index (χ1v) is 8.61. The van der Waals surface area contributed by atoms with Crippen molar-refractivity contribution in [2.24, 2.45) is 10.7 Å². The Morgan fingerprint density at radius 2 is 2.17 bits per heavy atom. The summed E-state index contributed by atoms with van der Waals surface area (Å²) < 4.78 is 5.23. The van der Waals surface area contributed by atoms with Crippen LogP contribution in [0.25, 0.3) is 0 Å². The summed E-state index contributed by atoms with van der Waals surface area (Å²) in [7, 11) is 1.74. The zero-order valence-corrected chi connectivity index (χ0v) is 14.2. The fourth-order valence-corrected chi connectivity index (χ4v) is 3.45. The maximum Gasteiger partial charge on any atom is 0.132 e. The van der Waals surface area contributed by atoms with Gasteiger partial charge in [0.05, 0.1) is 19.3 Å². The van der Waals surface area contributed by atoms with Crippen molar-refractivity contribution < 1.29 is 4.74 Å². The average molecular weight is 316 g/mol. The number of hydrogen-bond acceptors (Lipinski definition) is 4. The summed E-state index contributed by atoms with van der Waals surface area (Å²) in [6.07, 6.45) is 4.65. The van der Waals surface area contributed by atoms with E-state index in [4.69, 9.17) is 15.5 Å². The Morgan fingerprint density at radius 3 is 2.96 bits per heavy atom. The number of benzene rings is 1. The number of aliphatic imine (C=N–C) groups is 1. The fraction of sp³-hybridized carbons (Fsp3) is 0.611. The molecule has 126 valence electrons. The van der Waals surface area contributed by atoms with E-state index in [0.717, 1.165) is 38.5 Å². The minimum Gasteiger partial charge on any atom is -0.383 e. The minimum atomic E-state index is 0.192. The van der Waals surface area contributed by atoms with E-state index < -0.39 is 0 Å². The second kappa shape index (κ2) is 7.32. The summed E-state index contributed by atoms with van der Waals surface area (Å²) in [5.74, 6) is 1.000. The van der Waals surface area contributed by atoms with Crippen molar-refractivity contribution in [1.29, 1.82) is 0 Å². The third kappa shape index (κ3) is 3.67. The molecule has 5 heteroatoms. The van der Waals surface area contributed by atoms with Crippen LogP contribution in [-0.2, 0) is 4.74 Å². The maximum absolute atomic E-state index is 6.28. The molecule has 0 spiro atoms. The number of anilines is 1. The molecular weight excluding hydrogens is 288 g/mol. The quantitative estimate of drug-likeness (QED) is 0.892. The largest absolute Gasteiger partial charge is 0.383 e. The van der Waals surface area contributed by atoms with Gasteiger partial charge in [-0.3, -0.25) is 4.99 Å². The average Bonchev–Trinajstić information content (AvgIpc) is 2.56. The predicted molar refractivity (Wildman–Crippen MR) is 95.2 cm³/mol. The van der Waals surface area contributed by atoms with Crippen molar-refractivity contribution in [1.82, 2.24) is 5.32 Å². The van der Waals surface area contributed by atoms with Crippen LogP contribution >= 0.6 is 0 Å². The highest BCUT2D eigenvalue weighted by molar-refractivity contribution is 6.05. The molecule has 0 unspecified atom stereocenters. The number of rotatable bonds is 4. The molecule has 0 saturated heterocycles. The number of nitrogens with one attached hydrogen (secondary N) is 1. The lowest BCUT2D eigenvalue weighted by Gasteiger charge is -2.34. The Balaban J connectivity index is 1.89. The van der Waals surface area contributed by atoms with E-state index in [9.17, 15) is 0 Å². The lowest BCUT2D eigenvalue weighted by atomic mass is 9.91. The Kier molecular flexibility index (Phi) is 5.18. The van der Waals surface area contributed by atoms with Gasteiger partial charge >= 0.3 is 0 Å². The topological polar surface area (TPSA) is 62.9 Å². The van der Waals surface area contributed by atoms with Gasteiger partial charge in [-0.2, -0.15) is 0 Å². The van der Waals surface area contributed by atoms with Crippen LogP contribution in [0.15, 0.2) is 23.2 Å². The molecule has 1 fully saturated rings.